The van der Waals surface area contributed by atoms with Gasteiger partial charge in [0.2, 0.25) is 0 Å². The van der Waals surface area contributed by atoms with Gasteiger partial charge in [-0.15, -0.1) is 11.3 Å². The van der Waals surface area contributed by atoms with E-state index >= 15 is 0 Å². The van der Waals surface area contributed by atoms with Crippen LogP contribution in [0.5, 0.6) is 11.5 Å². The van der Waals surface area contributed by atoms with Gasteiger partial charge in [0.15, 0.2) is 0 Å². The van der Waals surface area contributed by atoms with Crippen LogP contribution in [0.1, 0.15) is 15.2 Å². The molecule has 1 N–H and O–H groups in total. The van der Waals surface area contributed by atoms with Gasteiger partial charge in [0.05, 0.1) is 25.5 Å². The standard InChI is InChI=1S/C18H15ClN2O3S/c1-23-12-5-3-11(4-6-12)10-20-21-18(22)17-16(19)14-8-7-13(24-2)9-15(14)25-17/h3-10H,1-2H3,(H,21,22). The molecule has 1 heterocycles. The first kappa shape index (κ1) is 17.3. The number of hydrogen-bond acceptors (Lipinski definition) is 5. The van der Waals surface area contributed by atoms with Crippen LogP contribution < -0.4 is 14.9 Å². The number of carbonyl (C=O) groups excluding carboxylic acids is 1. The van der Waals surface area contributed by atoms with E-state index in [2.05, 4.69) is 10.5 Å². The van der Waals surface area contributed by atoms with Gasteiger partial charge in [0.1, 0.15) is 16.4 Å². The number of thiophene rings is 1. The number of nitrogens with one attached hydrogen (secondary N) is 1. The molecule has 5 nitrogen and oxygen atoms in total. The highest BCUT2D eigenvalue weighted by atomic mass is 35.5. The lowest BCUT2D eigenvalue weighted by atomic mass is 10.2. The van der Waals surface area contributed by atoms with E-state index in [4.69, 9.17) is 21.1 Å². The van der Waals surface area contributed by atoms with Gasteiger partial charge in [0, 0.05) is 10.1 Å². The molecule has 2 aromatic carbocycles. The largest absolute Gasteiger partial charge is 0.497 e. The summed E-state index contributed by atoms with van der Waals surface area (Å²) >= 11 is 7.62. The number of carbonyl (C=O) groups is 1. The Balaban J connectivity index is 1.75. The van der Waals surface area contributed by atoms with Gasteiger partial charge in [-0.3, -0.25) is 4.79 Å². The monoisotopic (exact) mass is 374 g/mol. The molecule has 0 aliphatic heterocycles. The Morgan fingerprint density at radius 1 is 1.12 bits per heavy atom. The number of hydrazone groups is 1. The van der Waals surface area contributed by atoms with Gasteiger partial charge >= 0.3 is 0 Å². The van der Waals surface area contributed by atoms with Crippen LogP contribution in [0, 0.1) is 0 Å². The molecule has 3 aromatic rings. The maximum absolute atomic E-state index is 12.3. The van der Waals surface area contributed by atoms with Crippen LogP contribution in [0.4, 0.5) is 0 Å². The topological polar surface area (TPSA) is 59.9 Å². The number of nitrogens with zero attached hydrogens (tertiary/aromatic N) is 1. The van der Waals surface area contributed by atoms with Crippen molar-refractivity contribution in [3.8, 4) is 11.5 Å². The Labute approximate surface area is 153 Å². The van der Waals surface area contributed by atoms with E-state index in [0.717, 1.165) is 27.1 Å². The third-order valence-corrected chi connectivity index (χ3v) is 5.19. The van der Waals surface area contributed by atoms with Crippen molar-refractivity contribution in [3.63, 3.8) is 0 Å². The Morgan fingerprint density at radius 2 is 1.80 bits per heavy atom. The molecule has 0 unspecified atom stereocenters. The SMILES string of the molecule is COc1ccc(C=NNC(=O)c2sc3cc(OC)ccc3c2Cl)cc1. The minimum atomic E-state index is -0.352. The molecule has 0 aliphatic carbocycles. The fourth-order valence-electron chi connectivity index (χ4n) is 2.22. The molecular weight excluding hydrogens is 360 g/mol. The molecule has 3 rings (SSSR count). The number of ether oxygens (including phenoxy) is 2. The van der Waals surface area contributed by atoms with E-state index < -0.39 is 0 Å². The molecule has 0 aliphatic rings. The minimum Gasteiger partial charge on any atom is -0.497 e. The zero-order valence-corrected chi connectivity index (χ0v) is 15.1. The predicted octanol–water partition coefficient (Wildman–Crippen LogP) is 4.34. The molecule has 25 heavy (non-hydrogen) atoms. The summed E-state index contributed by atoms with van der Waals surface area (Å²) in [6, 6.07) is 12.8. The van der Waals surface area contributed by atoms with E-state index in [9.17, 15) is 4.79 Å². The molecule has 0 spiro atoms. The minimum absolute atomic E-state index is 0.352. The summed E-state index contributed by atoms with van der Waals surface area (Å²) in [4.78, 5) is 12.7. The Kier molecular flexibility index (Phi) is 5.21. The second kappa shape index (κ2) is 7.55. The van der Waals surface area contributed by atoms with E-state index in [1.54, 1.807) is 20.4 Å². The van der Waals surface area contributed by atoms with Crippen molar-refractivity contribution in [2.24, 2.45) is 5.10 Å². The molecule has 0 saturated carbocycles. The van der Waals surface area contributed by atoms with Crippen molar-refractivity contribution in [1.82, 2.24) is 5.43 Å². The zero-order chi connectivity index (χ0) is 17.8. The van der Waals surface area contributed by atoms with E-state index in [-0.39, 0.29) is 5.91 Å². The van der Waals surface area contributed by atoms with Crippen molar-refractivity contribution in [1.29, 1.82) is 0 Å². The second-order valence-electron chi connectivity index (χ2n) is 5.08. The molecule has 0 saturated heterocycles. The highest BCUT2D eigenvalue weighted by molar-refractivity contribution is 7.21. The molecule has 0 atom stereocenters. The molecule has 0 fully saturated rings. The predicted molar refractivity (Wildman–Crippen MR) is 101 cm³/mol. The molecule has 1 aromatic heterocycles. The van der Waals surface area contributed by atoms with Crippen LogP contribution >= 0.6 is 22.9 Å². The molecule has 128 valence electrons. The molecule has 1 amide bonds. The van der Waals surface area contributed by atoms with Crippen LogP contribution in [0.15, 0.2) is 47.6 Å². The molecule has 7 heteroatoms. The summed E-state index contributed by atoms with van der Waals surface area (Å²) in [5.74, 6) is 1.12. The van der Waals surface area contributed by atoms with Crippen LogP contribution in [-0.2, 0) is 0 Å². The summed E-state index contributed by atoms with van der Waals surface area (Å²) in [6.45, 7) is 0. The summed E-state index contributed by atoms with van der Waals surface area (Å²) in [7, 11) is 3.20. The first-order chi connectivity index (χ1) is 12.1. The molecule has 0 bridgehead atoms. The summed E-state index contributed by atoms with van der Waals surface area (Å²) in [5, 5.41) is 5.21. The van der Waals surface area contributed by atoms with Crippen molar-refractivity contribution in [2.45, 2.75) is 0 Å². The van der Waals surface area contributed by atoms with Crippen LogP contribution in [-0.4, -0.2) is 26.3 Å². The van der Waals surface area contributed by atoms with Crippen molar-refractivity contribution in [2.75, 3.05) is 14.2 Å². The zero-order valence-electron chi connectivity index (χ0n) is 13.6. The number of hydrogen-bond donors (Lipinski definition) is 1. The van der Waals surface area contributed by atoms with Gasteiger partial charge in [-0.25, -0.2) is 5.43 Å². The number of fused-ring (bicyclic) bond motifs is 1. The maximum atomic E-state index is 12.3. The number of halogens is 1. The van der Waals surface area contributed by atoms with Crippen molar-refractivity contribution < 1.29 is 14.3 Å². The summed E-state index contributed by atoms with van der Waals surface area (Å²) in [5.41, 5.74) is 3.34. The summed E-state index contributed by atoms with van der Waals surface area (Å²) in [6.07, 6.45) is 1.56. The third kappa shape index (κ3) is 3.75. The van der Waals surface area contributed by atoms with Gasteiger partial charge in [0.25, 0.3) is 5.91 Å². The lowest BCUT2D eigenvalue weighted by molar-refractivity contribution is 0.0959. The van der Waals surface area contributed by atoms with E-state index in [0.29, 0.717) is 9.90 Å². The smallest absolute Gasteiger partial charge is 0.283 e. The first-order valence-corrected chi connectivity index (χ1v) is 8.55. The first-order valence-electron chi connectivity index (χ1n) is 7.36. The van der Waals surface area contributed by atoms with Gasteiger partial charge in [-0.1, -0.05) is 11.6 Å². The maximum Gasteiger partial charge on any atom is 0.283 e. The van der Waals surface area contributed by atoms with Crippen LogP contribution in [0.2, 0.25) is 5.02 Å². The lowest BCUT2D eigenvalue weighted by Crippen LogP contribution is -2.16. The average Bonchev–Trinajstić information content (AvgIpc) is 2.98. The second-order valence-corrected chi connectivity index (χ2v) is 6.51. The number of amides is 1. The van der Waals surface area contributed by atoms with Crippen molar-refractivity contribution >= 4 is 45.1 Å². The Hall–Kier alpha value is -2.57. The van der Waals surface area contributed by atoms with Crippen LogP contribution in [0.3, 0.4) is 0 Å². The summed E-state index contributed by atoms with van der Waals surface area (Å²) < 4.78 is 11.2. The van der Waals surface area contributed by atoms with Crippen LogP contribution in [0.25, 0.3) is 10.1 Å². The number of methoxy groups -OCH3 is 2. The molecular formula is C18H15ClN2O3S. The number of rotatable bonds is 5. The van der Waals surface area contributed by atoms with Gasteiger partial charge in [-0.2, -0.15) is 5.10 Å². The van der Waals surface area contributed by atoms with Gasteiger partial charge < -0.3 is 9.47 Å². The van der Waals surface area contributed by atoms with E-state index in [1.165, 1.54) is 11.3 Å². The lowest BCUT2D eigenvalue weighted by Gasteiger charge is -1.99. The average molecular weight is 375 g/mol. The van der Waals surface area contributed by atoms with Gasteiger partial charge in [-0.05, 0) is 48.0 Å². The van der Waals surface area contributed by atoms with Crippen molar-refractivity contribution in [3.05, 3.63) is 57.9 Å². The van der Waals surface area contributed by atoms with E-state index in [1.807, 2.05) is 42.5 Å². The molecule has 0 radical (unpaired) electrons. The Morgan fingerprint density at radius 3 is 2.48 bits per heavy atom. The highest BCUT2D eigenvalue weighted by Gasteiger charge is 2.17. The quantitative estimate of drug-likeness (QED) is 0.534. The third-order valence-electron chi connectivity index (χ3n) is 3.54. The normalized spacial score (nSPS) is 11.0. The Bertz CT molecular complexity index is 935. The fourth-order valence-corrected chi connectivity index (χ4v) is 3.66. The highest BCUT2D eigenvalue weighted by Crippen LogP contribution is 2.37. The number of benzene rings is 2. The fraction of sp³-hybridized carbons (Fsp3) is 0.111.